The van der Waals surface area contributed by atoms with Gasteiger partial charge < -0.3 is 14.8 Å². The molecule has 0 bridgehead atoms. The number of hydrogen-bond acceptors (Lipinski definition) is 3. The number of ether oxygens (including phenoxy) is 2. The van der Waals surface area contributed by atoms with Gasteiger partial charge in [0.05, 0.1) is 6.10 Å². The lowest BCUT2D eigenvalue weighted by atomic mass is 9.97. The lowest BCUT2D eigenvalue weighted by Crippen LogP contribution is -2.30. The van der Waals surface area contributed by atoms with Crippen LogP contribution in [0.15, 0.2) is 0 Å². The lowest BCUT2D eigenvalue weighted by molar-refractivity contribution is 0.0543. The van der Waals surface area contributed by atoms with E-state index in [2.05, 4.69) is 5.32 Å². The first kappa shape index (κ1) is 12.3. The summed E-state index contributed by atoms with van der Waals surface area (Å²) in [7, 11) is 0. The second-order valence-corrected chi connectivity index (χ2v) is 5.04. The van der Waals surface area contributed by atoms with Crippen molar-refractivity contribution in [3.05, 3.63) is 0 Å². The molecule has 1 N–H and O–H groups in total. The fourth-order valence-corrected chi connectivity index (χ4v) is 2.61. The summed E-state index contributed by atoms with van der Waals surface area (Å²) in [6.07, 6.45) is 7.97. The highest BCUT2D eigenvalue weighted by molar-refractivity contribution is 4.68. The molecule has 3 nitrogen and oxygen atoms in total. The molecule has 0 radical (unpaired) electrons. The normalized spacial score (nSPS) is 30.8. The van der Waals surface area contributed by atoms with Gasteiger partial charge in [0.15, 0.2) is 0 Å². The third kappa shape index (κ3) is 4.40. The predicted molar refractivity (Wildman–Crippen MR) is 64.6 cm³/mol. The van der Waals surface area contributed by atoms with Gasteiger partial charge in [0.2, 0.25) is 0 Å². The summed E-state index contributed by atoms with van der Waals surface area (Å²) in [4.78, 5) is 0. The van der Waals surface area contributed by atoms with Crippen LogP contribution in [0, 0.1) is 5.92 Å². The van der Waals surface area contributed by atoms with Crippen molar-refractivity contribution in [2.45, 2.75) is 44.6 Å². The quantitative estimate of drug-likeness (QED) is 0.704. The molecule has 0 aromatic rings. The monoisotopic (exact) mass is 227 g/mol. The van der Waals surface area contributed by atoms with E-state index >= 15 is 0 Å². The van der Waals surface area contributed by atoms with Crippen LogP contribution in [0.5, 0.6) is 0 Å². The SMILES string of the molecule is C1CNCC(CCOCCC2CCCO2)C1. The molecule has 0 spiro atoms. The first-order chi connectivity index (χ1) is 7.95. The van der Waals surface area contributed by atoms with Gasteiger partial charge in [0.1, 0.15) is 0 Å². The van der Waals surface area contributed by atoms with Gasteiger partial charge in [-0.2, -0.15) is 0 Å². The van der Waals surface area contributed by atoms with E-state index in [1.807, 2.05) is 0 Å². The van der Waals surface area contributed by atoms with Crippen LogP contribution in [0.3, 0.4) is 0 Å². The van der Waals surface area contributed by atoms with Crippen LogP contribution in [0.1, 0.15) is 38.5 Å². The first-order valence-electron chi connectivity index (χ1n) is 6.85. The van der Waals surface area contributed by atoms with E-state index in [0.29, 0.717) is 6.10 Å². The molecule has 0 aromatic carbocycles. The Bertz CT molecular complexity index is 175. The lowest BCUT2D eigenvalue weighted by Gasteiger charge is -2.22. The van der Waals surface area contributed by atoms with Gasteiger partial charge in [-0.25, -0.2) is 0 Å². The zero-order valence-electron chi connectivity index (χ0n) is 10.2. The van der Waals surface area contributed by atoms with Crippen molar-refractivity contribution in [3.63, 3.8) is 0 Å². The van der Waals surface area contributed by atoms with Crippen molar-refractivity contribution in [1.29, 1.82) is 0 Å². The minimum absolute atomic E-state index is 0.483. The highest BCUT2D eigenvalue weighted by Gasteiger charge is 2.15. The maximum absolute atomic E-state index is 5.69. The molecule has 2 atom stereocenters. The van der Waals surface area contributed by atoms with Crippen LogP contribution in [0.4, 0.5) is 0 Å². The Balaban J connectivity index is 1.42. The Kier molecular flexibility index (Phi) is 5.59. The van der Waals surface area contributed by atoms with Gasteiger partial charge in [-0.1, -0.05) is 0 Å². The number of rotatable bonds is 6. The van der Waals surface area contributed by atoms with E-state index in [0.717, 1.165) is 32.2 Å². The molecule has 2 heterocycles. The fourth-order valence-electron chi connectivity index (χ4n) is 2.61. The van der Waals surface area contributed by atoms with E-state index in [-0.39, 0.29) is 0 Å². The minimum Gasteiger partial charge on any atom is -0.381 e. The molecule has 16 heavy (non-hydrogen) atoms. The maximum atomic E-state index is 5.69. The number of hydrogen-bond donors (Lipinski definition) is 1. The summed E-state index contributed by atoms with van der Waals surface area (Å²) < 4.78 is 11.3. The summed E-state index contributed by atoms with van der Waals surface area (Å²) in [5, 5.41) is 3.44. The van der Waals surface area contributed by atoms with Gasteiger partial charge in [0, 0.05) is 19.8 Å². The molecular weight excluding hydrogens is 202 g/mol. The van der Waals surface area contributed by atoms with Crippen LogP contribution in [-0.4, -0.2) is 39.0 Å². The summed E-state index contributed by atoms with van der Waals surface area (Å²) in [6, 6.07) is 0. The Labute approximate surface area is 98.9 Å². The van der Waals surface area contributed by atoms with Gasteiger partial charge >= 0.3 is 0 Å². The molecule has 0 aliphatic carbocycles. The molecule has 2 rings (SSSR count). The Morgan fingerprint density at radius 1 is 1.12 bits per heavy atom. The molecule has 2 fully saturated rings. The van der Waals surface area contributed by atoms with Crippen LogP contribution >= 0.6 is 0 Å². The highest BCUT2D eigenvalue weighted by Crippen LogP contribution is 2.16. The topological polar surface area (TPSA) is 30.5 Å². The Hall–Kier alpha value is -0.120. The van der Waals surface area contributed by atoms with Crippen LogP contribution in [0.2, 0.25) is 0 Å². The molecule has 0 saturated carbocycles. The Morgan fingerprint density at radius 2 is 2.06 bits per heavy atom. The molecule has 2 saturated heterocycles. The number of piperidine rings is 1. The van der Waals surface area contributed by atoms with Crippen molar-refractivity contribution in [3.8, 4) is 0 Å². The van der Waals surface area contributed by atoms with Gasteiger partial charge in [-0.05, 0) is 57.5 Å². The van der Waals surface area contributed by atoms with Crippen LogP contribution in [0.25, 0.3) is 0 Å². The van der Waals surface area contributed by atoms with Gasteiger partial charge in [-0.3, -0.25) is 0 Å². The van der Waals surface area contributed by atoms with Crippen LogP contribution < -0.4 is 5.32 Å². The van der Waals surface area contributed by atoms with E-state index < -0.39 is 0 Å². The zero-order chi connectivity index (χ0) is 11.1. The standard InChI is InChI=1S/C13H25NO2/c1-3-12(11-14-7-1)5-9-15-10-6-13-4-2-8-16-13/h12-14H,1-11H2. The maximum Gasteiger partial charge on any atom is 0.0597 e. The molecule has 94 valence electrons. The summed E-state index contributed by atoms with van der Waals surface area (Å²) in [5.74, 6) is 0.844. The van der Waals surface area contributed by atoms with E-state index in [4.69, 9.17) is 9.47 Å². The molecule has 2 unspecified atom stereocenters. The van der Waals surface area contributed by atoms with Crippen molar-refractivity contribution >= 4 is 0 Å². The van der Waals surface area contributed by atoms with Crippen molar-refractivity contribution in [2.24, 2.45) is 5.92 Å². The average Bonchev–Trinajstić information content (AvgIpc) is 2.83. The minimum atomic E-state index is 0.483. The third-order valence-electron chi connectivity index (χ3n) is 3.68. The van der Waals surface area contributed by atoms with Crippen molar-refractivity contribution < 1.29 is 9.47 Å². The van der Waals surface area contributed by atoms with E-state index in [9.17, 15) is 0 Å². The molecule has 2 aliphatic heterocycles. The summed E-state index contributed by atoms with van der Waals surface area (Å²) in [6.45, 7) is 5.16. The highest BCUT2D eigenvalue weighted by atomic mass is 16.5. The average molecular weight is 227 g/mol. The van der Waals surface area contributed by atoms with Gasteiger partial charge in [0.25, 0.3) is 0 Å². The third-order valence-corrected chi connectivity index (χ3v) is 3.68. The second kappa shape index (κ2) is 7.25. The summed E-state index contributed by atoms with van der Waals surface area (Å²) in [5.41, 5.74) is 0. The van der Waals surface area contributed by atoms with Crippen molar-refractivity contribution in [2.75, 3.05) is 32.9 Å². The second-order valence-electron chi connectivity index (χ2n) is 5.04. The largest absolute Gasteiger partial charge is 0.381 e. The summed E-state index contributed by atoms with van der Waals surface area (Å²) >= 11 is 0. The predicted octanol–water partition coefficient (Wildman–Crippen LogP) is 1.96. The smallest absolute Gasteiger partial charge is 0.0597 e. The number of nitrogens with one attached hydrogen (secondary N) is 1. The van der Waals surface area contributed by atoms with Crippen LogP contribution in [-0.2, 0) is 9.47 Å². The van der Waals surface area contributed by atoms with E-state index in [1.54, 1.807) is 0 Å². The van der Waals surface area contributed by atoms with E-state index in [1.165, 1.54) is 45.2 Å². The molecule has 3 heteroatoms. The fraction of sp³-hybridized carbons (Fsp3) is 1.00. The molecule has 0 aromatic heterocycles. The molecule has 0 amide bonds. The molecular formula is C13H25NO2. The molecule has 2 aliphatic rings. The first-order valence-corrected chi connectivity index (χ1v) is 6.85. The Morgan fingerprint density at radius 3 is 2.81 bits per heavy atom. The zero-order valence-corrected chi connectivity index (χ0v) is 10.2. The van der Waals surface area contributed by atoms with Crippen molar-refractivity contribution in [1.82, 2.24) is 5.32 Å². The van der Waals surface area contributed by atoms with Gasteiger partial charge in [-0.15, -0.1) is 0 Å².